The smallest absolute Gasteiger partial charge is 0.184 e. The standard InChI is InChI=1S/C19H15N5/c1-11-7-8-13(9-12(11)2)24-18(21)16(10-20)22-17-14-5-3-4-6-15(14)23-19(17)24/h3-9,21,23H,1-2H3. The number of hydrogen-bond donors (Lipinski definition) is 2. The van der Waals surface area contributed by atoms with Gasteiger partial charge in [0.2, 0.25) is 0 Å². The van der Waals surface area contributed by atoms with Gasteiger partial charge in [-0.15, -0.1) is 0 Å². The molecule has 0 saturated heterocycles. The van der Waals surface area contributed by atoms with Gasteiger partial charge in [-0.1, -0.05) is 24.3 Å². The number of aryl methyl sites for hydroxylation is 2. The first kappa shape index (κ1) is 14.2. The van der Waals surface area contributed by atoms with Gasteiger partial charge in [0.25, 0.3) is 0 Å². The molecule has 116 valence electrons. The Morgan fingerprint density at radius 2 is 1.92 bits per heavy atom. The average Bonchev–Trinajstić information content (AvgIpc) is 2.95. The molecule has 0 aliphatic heterocycles. The molecule has 5 nitrogen and oxygen atoms in total. The predicted molar refractivity (Wildman–Crippen MR) is 93.0 cm³/mol. The molecule has 0 atom stereocenters. The van der Waals surface area contributed by atoms with Crippen LogP contribution in [0.5, 0.6) is 0 Å². The van der Waals surface area contributed by atoms with Gasteiger partial charge in [0.05, 0.1) is 0 Å². The molecule has 0 saturated carbocycles. The van der Waals surface area contributed by atoms with Crippen LogP contribution in [0.15, 0.2) is 42.5 Å². The third-order valence-corrected chi connectivity index (χ3v) is 4.41. The SMILES string of the molecule is Cc1ccc(-n2c(=N)c(C#N)nc3c4ccccc4[nH]c32)cc1C. The molecule has 2 aromatic carbocycles. The van der Waals surface area contributed by atoms with Crippen molar-refractivity contribution in [2.75, 3.05) is 0 Å². The Hall–Kier alpha value is -3.39. The molecule has 0 fully saturated rings. The molecule has 0 radical (unpaired) electrons. The number of benzene rings is 2. The normalized spacial score (nSPS) is 11.0. The van der Waals surface area contributed by atoms with Crippen LogP contribution in [-0.2, 0) is 0 Å². The van der Waals surface area contributed by atoms with Crippen LogP contribution in [0.3, 0.4) is 0 Å². The first-order valence-corrected chi connectivity index (χ1v) is 7.66. The maximum Gasteiger partial charge on any atom is 0.184 e. The molecule has 0 unspecified atom stereocenters. The molecule has 2 aromatic heterocycles. The highest BCUT2D eigenvalue weighted by Crippen LogP contribution is 2.25. The fraction of sp³-hybridized carbons (Fsp3) is 0.105. The van der Waals surface area contributed by atoms with Crippen molar-refractivity contribution in [1.29, 1.82) is 10.7 Å². The van der Waals surface area contributed by atoms with E-state index in [0.717, 1.165) is 27.8 Å². The molecular formula is C19H15N5. The van der Waals surface area contributed by atoms with E-state index in [1.54, 1.807) is 4.57 Å². The number of rotatable bonds is 1. The van der Waals surface area contributed by atoms with E-state index in [1.165, 1.54) is 5.56 Å². The minimum Gasteiger partial charge on any atom is -0.339 e. The van der Waals surface area contributed by atoms with E-state index < -0.39 is 0 Å². The molecule has 4 aromatic rings. The first-order chi connectivity index (χ1) is 11.6. The van der Waals surface area contributed by atoms with E-state index in [1.807, 2.05) is 55.5 Å². The summed E-state index contributed by atoms with van der Waals surface area (Å²) in [6.45, 7) is 4.09. The van der Waals surface area contributed by atoms with Gasteiger partial charge in [-0.05, 0) is 43.2 Å². The molecule has 0 amide bonds. The second-order valence-electron chi connectivity index (χ2n) is 5.89. The Morgan fingerprint density at radius 3 is 2.67 bits per heavy atom. The molecule has 2 N–H and O–H groups in total. The van der Waals surface area contributed by atoms with Crippen LogP contribution >= 0.6 is 0 Å². The number of para-hydroxylation sites is 1. The van der Waals surface area contributed by atoms with Gasteiger partial charge in [-0.3, -0.25) is 9.98 Å². The summed E-state index contributed by atoms with van der Waals surface area (Å²) < 4.78 is 1.76. The van der Waals surface area contributed by atoms with Crippen LogP contribution in [-0.4, -0.2) is 14.5 Å². The molecule has 0 bridgehead atoms. The van der Waals surface area contributed by atoms with Crippen LogP contribution in [0.2, 0.25) is 0 Å². The number of fused-ring (bicyclic) bond motifs is 3. The van der Waals surface area contributed by atoms with Gasteiger partial charge in [0.15, 0.2) is 11.2 Å². The lowest BCUT2D eigenvalue weighted by atomic mass is 10.1. The number of aromatic amines is 1. The van der Waals surface area contributed by atoms with Crippen molar-refractivity contribution >= 4 is 22.1 Å². The number of H-pyrrole nitrogens is 1. The van der Waals surface area contributed by atoms with Crippen molar-refractivity contribution in [3.63, 3.8) is 0 Å². The topological polar surface area (TPSA) is 81.2 Å². The fourth-order valence-electron chi connectivity index (χ4n) is 2.97. The quantitative estimate of drug-likeness (QED) is 0.564. The lowest BCUT2D eigenvalue weighted by molar-refractivity contribution is 0.919. The third kappa shape index (κ3) is 1.94. The lowest BCUT2D eigenvalue weighted by Crippen LogP contribution is -2.23. The Labute approximate surface area is 138 Å². The van der Waals surface area contributed by atoms with E-state index in [2.05, 4.69) is 16.9 Å². The second kappa shape index (κ2) is 5.07. The van der Waals surface area contributed by atoms with Crippen LogP contribution < -0.4 is 5.49 Å². The monoisotopic (exact) mass is 313 g/mol. The Bertz CT molecular complexity index is 1200. The summed E-state index contributed by atoms with van der Waals surface area (Å²) in [5.41, 5.74) is 5.74. The van der Waals surface area contributed by atoms with Crippen molar-refractivity contribution in [3.8, 4) is 11.8 Å². The van der Waals surface area contributed by atoms with E-state index in [0.29, 0.717) is 5.52 Å². The predicted octanol–water partition coefficient (Wildman–Crippen LogP) is 3.47. The number of hydrogen-bond acceptors (Lipinski definition) is 3. The zero-order valence-corrected chi connectivity index (χ0v) is 13.4. The first-order valence-electron chi connectivity index (χ1n) is 7.66. The highest BCUT2D eigenvalue weighted by Gasteiger charge is 2.15. The van der Waals surface area contributed by atoms with Crippen molar-refractivity contribution in [2.45, 2.75) is 13.8 Å². The van der Waals surface area contributed by atoms with Crippen LogP contribution in [0.1, 0.15) is 16.8 Å². The summed E-state index contributed by atoms with van der Waals surface area (Å²) in [4.78, 5) is 7.75. The summed E-state index contributed by atoms with van der Waals surface area (Å²) in [5.74, 6) is 0. The number of nitriles is 1. The molecule has 2 heterocycles. The van der Waals surface area contributed by atoms with Gasteiger partial charge >= 0.3 is 0 Å². The molecule has 0 aliphatic carbocycles. The maximum absolute atomic E-state index is 9.40. The molecular weight excluding hydrogens is 298 g/mol. The molecule has 0 aliphatic rings. The van der Waals surface area contributed by atoms with Crippen LogP contribution in [0.25, 0.3) is 27.8 Å². The van der Waals surface area contributed by atoms with E-state index in [-0.39, 0.29) is 11.2 Å². The van der Waals surface area contributed by atoms with Crippen molar-refractivity contribution in [2.24, 2.45) is 0 Å². The zero-order valence-electron chi connectivity index (χ0n) is 13.4. The van der Waals surface area contributed by atoms with Gasteiger partial charge in [-0.2, -0.15) is 5.26 Å². The average molecular weight is 313 g/mol. The fourth-order valence-corrected chi connectivity index (χ4v) is 2.97. The summed E-state index contributed by atoms with van der Waals surface area (Å²) >= 11 is 0. The maximum atomic E-state index is 9.40. The highest BCUT2D eigenvalue weighted by atomic mass is 15.1. The molecule has 5 heteroatoms. The number of aromatic nitrogens is 3. The number of nitrogens with zero attached hydrogens (tertiary/aromatic N) is 3. The van der Waals surface area contributed by atoms with Gasteiger partial charge in [0.1, 0.15) is 17.2 Å². The minimum absolute atomic E-state index is 0.0832. The Morgan fingerprint density at radius 1 is 1.12 bits per heavy atom. The third-order valence-electron chi connectivity index (χ3n) is 4.41. The molecule has 0 spiro atoms. The summed E-state index contributed by atoms with van der Waals surface area (Å²) in [5, 5.41) is 18.8. The van der Waals surface area contributed by atoms with E-state index in [4.69, 9.17) is 5.41 Å². The molecule has 4 rings (SSSR count). The van der Waals surface area contributed by atoms with Crippen LogP contribution in [0, 0.1) is 30.6 Å². The van der Waals surface area contributed by atoms with E-state index in [9.17, 15) is 5.26 Å². The van der Waals surface area contributed by atoms with Gasteiger partial charge < -0.3 is 4.98 Å². The summed E-state index contributed by atoms with van der Waals surface area (Å²) in [7, 11) is 0. The lowest BCUT2D eigenvalue weighted by Gasteiger charge is -2.11. The Kier molecular flexibility index (Phi) is 3.00. The van der Waals surface area contributed by atoms with Crippen molar-refractivity contribution in [3.05, 3.63) is 64.8 Å². The summed E-state index contributed by atoms with van der Waals surface area (Å²) in [6, 6.07) is 15.9. The van der Waals surface area contributed by atoms with E-state index >= 15 is 0 Å². The van der Waals surface area contributed by atoms with Crippen molar-refractivity contribution < 1.29 is 0 Å². The molecule has 24 heavy (non-hydrogen) atoms. The Balaban J connectivity index is 2.21. The van der Waals surface area contributed by atoms with Gasteiger partial charge in [0, 0.05) is 16.6 Å². The van der Waals surface area contributed by atoms with Crippen LogP contribution in [0.4, 0.5) is 0 Å². The minimum atomic E-state index is 0.0832. The largest absolute Gasteiger partial charge is 0.339 e. The summed E-state index contributed by atoms with van der Waals surface area (Å²) in [6.07, 6.45) is 0. The highest BCUT2D eigenvalue weighted by molar-refractivity contribution is 6.04. The van der Waals surface area contributed by atoms with Crippen molar-refractivity contribution in [1.82, 2.24) is 14.5 Å². The zero-order chi connectivity index (χ0) is 16.8. The number of nitrogens with one attached hydrogen (secondary N) is 2. The van der Waals surface area contributed by atoms with Gasteiger partial charge in [-0.25, -0.2) is 4.98 Å². The second-order valence-corrected chi connectivity index (χ2v) is 5.89.